The predicted molar refractivity (Wildman–Crippen MR) is 112 cm³/mol. The van der Waals surface area contributed by atoms with Crippen LogP contribution in [0, 0.1) is 6.92 Å². The van der Waals surface area contributed by atoms with Crippen LogP contribution in [0.3, 0.4) is 0 Å². The van der Waals surface area contributed by atoms with Crippen molar-refractivity contribution in [1.82, 2.24) is 9.97 Å². The molecule has 5 nitrogen and oxygen atoms in total. The Labute approximate surface area is 164 Å². The van der Waals surface area contributed by atoms with Crippen LogP contribution in [0.2, 0.25) is 5.02 Å². The second-order valence-corrected chi connectivity index (χ2v) is 7.09. The molecule has 0 radical (unpaired) electrons. The SMILES string of the molecule is Cc1cc(Cl)ccc1Nc1cc(N2CCN(c3ccccc3)CC2)ncn1. The molecular weight excluding hydrogens is 358 g/mol. The van der Waals surface area contributed by atoms with Crippen LogP contribution in [0.25, 0.3) is 0 Å². The van der Waals surface area contributed by atoms with Crippen molar-refractivity contribution in [3.63, 3.8) is 0 Å². The van der Waals surface area contributed by atoms with Crippen molar-refractivity contribution < 1.29 is 0 Å². The maximum absolute atomic E-state index is 6.04. The summed E-state index contributed by atoms with van der Waals surface area (Å²) < 4.78 is 0. The third-order valence-electron chi connectivity index (χ3n) is 4.83. The minimum Gasteiger partial charge on any atom is -0.368 e. The molecule has 0 saturated carbocycles. The lowest BCUT2D eigenvalue weighted by atomic mass is 10.2. The summed E-state index contributed by atoms with van der Waals surface area (Å²) in [6, 6.07) is 18.3. The summed E-state index contributed by atoms with van der Waals surface area (Å²) in [5.41, 5.74) is 3.36. The molecule has 1 saturated heterocycles. The third-order valence-corrected chi connectivity index (χ3v) is 5.06. The van der Waals surface area contributed by atoms with Gasteiger partial charge in [-0.05, 0) is 42.8 Å². The zero-order valence-electron chi connectivity index (χ0n) is 15.3. The molecule has 1 N–H and O–H groups in total. The average Bonchev–Trinajstić information content (AvgIpc) is 2.71. The molecular formula is C21H22ClN5. The molecule has 4 rings (SSSR count). The van der Waals surface area contributed by atoms with Gasteiger partial charge >= 0.3 is 0 Å². The lowest BCUT2D eigenvalue weighted by Crippen LogP contribution is -2.46. The van der Waals surface area contributed by atoms with Crippen LogP contribution in [-0.2, 0) is 0 Å². The Kier molecular flexibility index (Phi) is 5.12. The van der Waals surface area contributed by atoms with Crippen molar-refractivity contribution >= 4 is 34.6 Å². The molecule has 0 bridgehead atoms. The van der Waals surface area contributed by atoms with Gasteiger partial charge in [-0.3, -0.25) is 0 Å². The van der Waals surface area contributed by atoms with Crippen LogP contribution >= 0.6 is 11.6 Å². The number of rotatable bonds is 4. The average molecular weight is 380 g/mol. The van der Waals surface area contributed by atoms with E-state index in [9.17, 15) is 0 Å². The number of piperazine rings is 1. The van der Waals surface area contributed by atoms with E-state index < -0.39 is 0 Å². The van der Waals surface area contributed by atoms with Crippen molar-refractivity contribution in [2.24, 2.45) is 0 Å². The first-order valence-electron chi connectivity index (χ1n) is 9.09. The molecule has 0 spiro atoms. The van der Waals surface area contributed by atoms with E-state index in [0.29, 0.717) is 0 Å². The first-order valence-corrected chi connectivity index (χ1v) is 9.47. The van der Waals surface area contributed by atoms with Crippen molar-refractivity contribution in [3.05, 3.63) is 71.5 Å². The summed E-state index contributed by atoms with van der Waals surface area (Å²) in [5.74, 6) is 1.74. The molecule has 0 aliphatic carbocycles. The van der Waals surface area contributed by atoms with Crippen LogP contribution in [0.15, 0.2) is 60.9 Å². The van der Waals surface area contributed by atoms with E-state index in [-0.39, 0.29) is 0 Å². The minimum absolute atomic E-state index is 0.734. The smallest absolute Gasteiger partial charge is 0.135 e. The molecule has 1 fully saturated rings. The van der Waals surface area contributed by atoms with Gasteiger partial charge < -0.3 is 15.1 Å². The highest BCUT2D eigenvalue weighted by Crippen LogP contribution is 2.25. The van der Waals surface area contributed by atoms with E-state index >= 15 is 0 Å². The molecule has 0 atom stereocenters. The molecule has 2 heterocycles. The summed E-state index contributed by atoms with van der Waals surface area (Å²) in [6.45, 7) is 5.86. The Balaban J connectivity index is 1.44. The fourth-order valence-corrected chi connectivity index (χ4v) is 3.55. The van der Waals surface area contributed by atoms with Crippen LogP contribution in [0.5, 0.6) is 0 Å². The number of anilines is 4. The molecule has 1 aromatic heterocycles. The van der Waals surface area contributed by atoms with Gasteiger partial charge in [-0.1, -0.05) is 29.8 Å². The first-order chi connectivity index (χ1) is 13.2. The normalized spacial score (nSPS) is 14.3. The first kappa shape index (κ1) is 17.6. The summed E-state index contributed by atoms with van der Waals surface area (Å²) in [6.07, 6.45) is 1.62. The summed E-state index contributed by atoms with van der Waals surface area (Å²) >= 11 is 6.04. The lowest BCUT2D eigenvalue weighted by Gasteiger charge is -2.36. The van der Waals surface area contributed by atoms with E-state index in [0.717, 1.165) is 54.1 Å². The summed E-state index contributed by atoms with van der Waals surface area (Å²) in [5, 5.41) is 4.10. The number of nitrogens with zero attached hydrogens (tertiary/aromatic N) is 4. The Morgan fingerprint density at radius 2 is 1.63 bits per heavy atom. The molecule has 27 heavy (non-hydrogen) atoms. The number of halogens is 1. The van der Waals surface area contributed by atoms with Gasteiger partial charge in [0.05, 0.1) is 0 Å². The number of aromatic nitrogens is 2. The zero-order valence-corrected chi connectivity index (χ0v) is 16.0. The van der Waals surface area contributed by atoms with Crippen LogP contribution in [0.4, 0.5) is 23.0 Å². The van der Waals surface area contributed by atoms with E-state index in [1.54, 1.807) is 6.33 Å². The van der Waals surface area contributed by atoms with Crippen molar-refractivity contribution in [2.75, 3.05) is 41.3 Å². The summed E-state index contributed by atoms with van der Waals surface area (Å²) in [7, 11) is 0. The fourth-order valence-electron chi connectivity index (χ4n) is 3.33. The van der Waals surface area contributed by atoms with Gasteiger partial charge in [0.25, 0.3) is 0 Å². The molecule has 6 heteroatoms. The number of hydrogen-bond acceptors (Lipinski definition) is 5. The highest BCUT2D eigenvalue weighted by Gasteiger charge is 2.18. The summed E-state index contributed by atoms with van der Waals surface area (Å²) in [4.78, 5) is 13.6. The van der Waals surface area contributed by atoms with Gasteiger partial charge in [0.2, 0.25) is 0 Å². The maximum Gasteiger partial charge on any atom is 0.135 e. The second-order valence-electron chi connectivity index (χ2n) is 6.66. The molecule has 1 aliphatic heterocycles. The second kappa shape index (κ2) is 7.84. The van der Waals surface area contributed by atoms with Crippen LogP contribution in [-0.4, -0.2) is 36.1 Å². The van der Waals surface area contributed by atoms with E-state index in [4.69, 9.17) is 11.6 Å². The largest absolute Gasteiger partial charge is 0.368 e. The highest BCUT2D eigenvalue weighted by molar-refractivity contribution is 6.30. The van der Waals surface area contributed by atoms with Gasteiger partial charge in [0.1, 0.15) is 18.0 Å². The Hall–Kier alpha value is -2.79. The van der Waals surface area contributed by atoms with Gasteiger partial charge in [0, 0.05) is 48.6 Å². The zero-order chi connectivity index (χ0) is 18.6. The van der Waals surface area contributed by atoms with Gasteiger partial charge in [-0.25, -0.2) is 9.97 Å². The third kappa shape index (κ3) is 4.14. The van der Waals surface area contributed by atoms with Gasteiger partial charge in [-0.15, -0.1) is 0 Å². The number of nitrogens with one attached hydrogen (secondary N) is 1. The van der Waals surface area contributed by atoms with Crippen molar-refractivity contribution in [1.29, 1.82) is 0 Å². The highest BCUT2D eigenvalue weighted by atomic mass is 35.5. The number of hydrogen-bond donors (Lipinski definition) is 1. The standard InChI is InChI=1S/C21H22ClN5/c1-16-13-17(22)7-8-19(16)25-20-14-21(24-15-23-20)27-11-9-26(10-12-27)18-5-3-2-4-6-18/h2-8,13-15H,9-12H2,1H3,(H,23,24,25). The van der Waals surface area contributed by atoms with E-state index in [2.05, 4.69) is 55.4 Å². The molecule has 2 aromatic carbocycles. The lowest BCUT2D eigenvalue weighted by molar-refractivity contribution is 0.647. The fraction of sp³-hybridized carbons (Fsp3) is 0.238. The topological polar surface area (TPSA) is 44.3 Å². The number of benzene rings is 2. The van der Waals surface area contributed by atoms with Crippen molar-refractivity contribution in [2.45, 2.75) is 6.92 Å². The van der Waals surface area contributed by atoms with E-state index in [1.807, 2.05) is 31.2 Å². The van der Waals surface area contributed by atoms with Crippen molar-refractivity contribution in [3.8, 4) is 0 Å². The Morgan fingerprint density at radius 1 is 0.889 bits per heavy atom. The minimum atomic E-state index is 0.734. The molecule has 1 aliphatic rings. The van der Waals surface area contributed by atoms with Gasteiger partial charge in [-0.2, -0.15) is 0 Å². The Bertz CT molecular complexity index is 907. The predicted octanol–water partition coefficient (Wildman–Crippen LogP) is 4.51. The monoisotopic (exact) mass is 379 g/mol. The molecule has 138 valence electrons. The quantitative estimate of drug-likeness (QED) is 0.722. The van der Waals surface area contributed by atoms with E-state index in [1.165, 1.54) is 5.69 Å². The van der Waals surface area contributed by atoms with Gasteiger partial charge in [0.15, 0.2) is 0 Å². The van der Waals surface area contributed by atoms with Crippen LogP contribution in [0.1, 0.15) is 5.56 Å². The van der Waals surface area contributed by atoms with Crippen LogP contribution < -0.4 is 15.1 Å². The molecule has 3 aromatic rings. The molecule has 0 amide bonds. The number of para-hydroxylation sites is 1. The molecule has 0 unspecified atom stereocenters. The Morgan fingerprint density at radius 3 is 2.37 bits per heavy atom. The maximum atomic E-state index is 6.04. The number of aryl methyl sites for hydroxylation is 1.